The van der Waals surface area contributed by atoms with Crippen molar-refractivity contribution in [2.24, 2.45) is 0 Å². The van der Waals surface area contributed by atoms with Crippen LogP contribution in [0.3, 0.4) is 0 Å². The average Bonchev–Trinajstić information content (AvgIpc) is 3.04. The normalized spacial score (nSPS) is 10.4. The number of amides is 1. The zero-order valence-electron chi connectivity index (χ0n) is 13.9. The molecule has 3 rings (SSSR count). The number of nitrogens with zero attached hydrogens (tertiary/aromatic N) is 1. The summed E-state index contributed by atoms with van der Waals surface area (Å²) in [4.78, 5) is 16.4. The number of benzene rings is 2. The summed E-state index contributed by atoms with van der Waals surface area (Å²) < 4.78 is 5.40. The average molecular weight is 353 g/mol. The van der Waals surface area contributed by atoms with Gasteiger partial charge in [0.15, 0.2) is 5.13 Å². The molecule has 6 heteroatoms. The Kier molecular flexibility index (Phi) is 5.30. The van der Waals surface area contributed by atoms with E-state index in [4.69, 9.17) is 10.5 Å². The van der Waals surface area contributed by atoms with Crippen LogP contribution in [0.25, 0.3) is 11.3 Å². The van der Waals surface area contributed by atoms with E-state index in [1.807, 2.05) is 60.8 Å². The van der Waals surface area contributed by atoms with Crippen LogP contribution in [-0.2, 0) is 11.2 Å². The minimum absolute atomic E-state index is 0.0604. The zero-order valence-corrected chi connectivity index (χ0v) is 14.7. The van der Waals surface area contributed by atoms with E-state index in [-0.39, 0.29) is 5.91 Å². The molecule has 0 saturated carbocycles. The van der Waals surface area contributed by atoms with Crippen molar-refractivity contribution in [3.63, 3.8) is 0 Å². The zero-order chi connectivity index (χ0) is 17.6. The van der Waals surface area contributed by atoms with Gasteiger partial charge in [0.05, 0.1) is 18.7 Å². The number of rotatable bonds is 6. The summed E-state index contributed by atoms with van der Waals surface area (Å²) in [7, 11) is 0. The number of aromatic nitrogens is 1. The Morgan fingerprint density at radius 3 is 2.48 bits per heavy atom. The molecule has 0 unspecified atom stereocenters. The molecule has 1 heterocycles. The van der Waals surface area contributed by atoms with Gasteiger partial charge in [0, 0.05) is 16.6 Å². The fraction of sp³-hybridized carbons (Fsp3) is 0.158. The van der Waals surface area contributed by atoms with Gasteiger partial charge < -0.3 is 15.8 Å². The topological polar surface area (TPSA) is 77.2 Å². The number of ether oxygens (including phenoxy) is 1. The molecule has 0 aliphatic rings. The maximum atomic E-state index is 12.2. The van der Waals surface area contributed by atoms with Gasteiger partial charge in [-0.3, -0.25) is 4.79 Å². The molecular formula is C19H19N3O2S. The highest BCUT2D eigenvalue weighted by Crippen LogP contribution is 2.24. The molecule has 1 aromatic heterocycles. The molecule has 0 fully saturated rings. The van der Waals surface area contributed by atoms with Crippen LogP contribution >= 0.6 is 11.3 Å². The molecule has 1 amide bonds. The molecule has 0 radical (unpaired) electrons. The van der Waals surface area contributed by atoms with Gasteiger partial charge in [-0.1, -0.05) is 24.3 Å². The van der Waals surface area contributed by atoms with Crippen molar-refractivity contribution in [1.29, 1.82) is 0 Å². The Labute approximate surface area is 150 Å². The summed E-state index contributed by atoms with van der Waals surface area (Å²) in [5.74, 6) is 0.750. The summed E-state index contributed by atoms with van der Waals surface area (Å²) in [6.07, 6.45) is 0.316. The van der Waals surface area contributed by atoms with Crippen molar-refractivity contribution >= 4 is 28.1 Å². The van der Waals surface area contributed by atoms with Gasteiger partial charge >= 0.3 is 0 Å². The minimum Gasteiger partial charge on any atom is -0.494 e. The SMILES string of the molecule is CCOc1ccc(CC(=O)Nc2ccc(-c3csc(N)n3)cc2)cc1. The maximum Gasteiger partial charge on any atom is 0.228 e. The van der Waals surface area contributed by atoms with Crippen molar-refractivity contribution in [1.82, 2.24) is 4.98 Å². The van der Waals surface area contributed by atoms with E-state index < -0.39 is 0 Å². The van der Waals surface area contributed by atoms with Gasteiger partial charge in [0.25, 0.3) is 0 Å². The van der Waals surface area contributed by atoms with Crippen molar-refractivity contribution < 1.29 is 9.53 Å². The first-order valence-electron chi connectivity index (χ1n) is 7.97. The molecule has 128 valence electrons. The Bertz CT molecular complexity index is 842. The molecule has 5 nitrogen and oxygen atoms in total. The second-order valence-electron chi connectivity index (χ2n) is 5.45. The Morgan fingerprint density at radius 1 is 1.16 bits per heavy atom. The molecule has 0 atom stereocenters. The second-order valence-corrected chi connectivity index (χ2v) is 6.34. The highest BCUT2D eigenvalue weighted by molar-refractivity contribution is 7.13. The monoisotopic (exact) mass is 353 g/mol. The number of nitrogens with one attached hydrogen (secondary N) is 1. The molecule has 3 aromatic rings. The minimum atomic E-state index is -0.0604. The molecule has 0 bridgehead atoms. The fourth-order valence-electron chi connectivity index (χ4n) is 2.41. The number of carbonyl (C=O) groups is 1. The molecule has 25 heavy (non-hydrogen) atoms. The van der Waals surface area contributed by atoms with Gasteiger partial charge in [-0.2, -0.15) is 0 Å². The Morgan fingerprint density at radius 2 is 1.88 bits per heavy atom. The van der Waals surface area contributed by atoms with E-state index in [1.165, 1.54) is 11.3 Å². The lowest BCUT2D eigenvalue weighted by Gasteiger charge is -2.07. The quantitative estimate of drug-likeness (QED) is 0.703. The smallest absolute Gasteiger partial charge is 0.228 e. The third-order valence-electron chi connectivity index (χ3n) is 3.59. The van der Waals surface area contributed by atoms with E-state index in [1.54, 1.807) is 0 Å². The lowest BCUT2D eigenvalue weighted by molar-refractivity contribution is -0.115. The largest absolute Gasteiger partial charge is 0.494 e. The van der Waals surface area contributed by atoms with Gasteiger partial charge in [-0.15, -0.1) is 11.3 Å². The van der Waals surface area contributed by atoms with E-state index in [2.05, 4.69) is 10.3 Å². The Hall–Kier alpha value is -2.86. The van der Waals surface area contributed by atoms with E-state index in [0.29, 0.717) is 18.2 Å². The number of nitrogens with two attached hydrogens (primary N) is 1. The van der Waals surface area contributed by atoms with E-state index >= 15 is 0 Å². The van der Waals surface area contributed by atoms with E-state index in [9.17, 15) is 4.79 Å². The highest BCUT2D eigenvalue weighted by Gasteiger charge is 2.06. The van der Waals surface area contributed by atoms with Crippen LogP contribution in [0.4, 0.5) is 10.8 Å². The molecule has 2 aromatic carbocycles. The van der Waals surface area contributed by atoms with Gasteiger partial charge in [-0.05, 0) is 36.8 Å². The second kappa shape index (κ2) is 7.81. The number of thiazole rings is 1. The summed E-state index contributed by atoms with van der Waals surface area (Å²) in [5.41, 5.74) is 9.16. The van der Waals surface area contributed by atoms with Crippen LogP contribution in [0.1, 0.15) is 12.5 Å². The predicted octanol–water partition coefficient (Wildman–Crippen LogP) is 3.97. The molecule has 0 aliphatic carbocycles. The van der Waals surface area contributed by atoms with Crippen molar-refractivity contribution in [2.75, 3.05) is 17.7 Å². The van der Waals surface area contributed by atoms with Crippen molar-refractivity contribution in [2.45, 2.75) is 13.3 Å². The fourth-order valence-corrected chi connectivity index (χ4v) is 2.98. The van der Waals surface area contributed by atoms with Crippen molar-refractivity contribution in [3.8, 4) is 17.0 Å². The van der Waals surface area contributed by atoms with Crippen LogP contribution in [0.2, 0.25) is 0 Å². The number of hydrogen-bond donors (Lipinski definition) is 2. The lowest BCUT2D eigenvalue weighted by atomic mass is 10.1. The first kappa shape index (κ1) is 17.0. The van der Waals surface area contributed by atoms with Crippen LogP contribution < -0.4 is 15.8 Å². The first-order valence-corrected chi connectivity index (χ1v) is 8.85. The summed E-state index contributed by atoms with van der Waals surface area (Å²) in [6.45, 7) is 2.57. The maximum absolute atomic E-state index is 12.2. The summed E-state index contributed by atoms with van der Waals surface area (Å²) in [6, 6.07) is 15.1. The summed E-state index contributed by atoms with van der Waals surface area (Å²) >= 11 is 1.41. The number of anilines is 2. The van der Waals surface area contributed by atoms with Crippen LogP contribution in [0.5, 0.6) is 5.75 Å². The number of hydrogen-bond acceptors (Lipinski definition) is 5. The molecule has 0 saturated heterocycles. The molecular weight excluding hydrogens is 334 g/mol. The highest BCUT2D eigenvalue weighted by atomic mass is 32.1. The van der Waals surface area contributed by atoms with Crippen LogP contribution in [-0.4, -0.2) is 17.5 Å². The van der Waals surface area contributed by atoms with Gasteiger partial charge in [0.2, 0.25) is 5.91 Å². The Balaban J connectivity index is 1.59. The van der Waals surface area contributed by atoms with Crippen LogP contribution in [0, 0.1) is 0 Å². The molecule has 0 spiro atoms. The first-order chi connectivity index (χ1) is 12.1. The van der Waals surface area contributed by atoms with Crippen molar-refractivity contribution in [3.05, 3.63) is 59.5 Å². The van der Waals surface area contributed by atoms with E-state index in [0.717, 1.165) is 28.3 Å². The molecule has 0 aliphatic heterocycles. The lowest BCUT2D eigenvalue weighted by Crippen LogP contribution is -2.14. The number of nitrogen functional groups attached to an aromatic ring is 1. The number of carbonyl (C=O) groups excluding carboxylic acids is 1. The predicted molar refractivity (Wildman–Crippen MR) is 102 cm³/mol. The van der Waals surface area contributed by atoms with Gasteiger partial charge in [0.1, 0.15) is 5.75 Å². The summed E-state index contributed by atoms with van der Waals surface area (Å²) in [5, 5.41) is 5.36. The standard InChI is InChI=1S/C19H19N3O2S/c1-2-24-16-9-3-13(4-10-16)11-18(23)21-15-7-5-14(6-8-15)17-12-25-19(20)22-17/h3-10,12H,2,11H2,1H3,(H2,20,22)(H,21,23). The van der Waals surface area contributed by atoms with Crippen LogP contribution in [0.15, 0.2) is 53.9 Å². The van der Waals surface area contributed by atoms with Gasteiger partial charge in [-0.25, -0.2) is 4.98 Å². The third-order valence-corrected chi connectivity index (χ3v) is 4.26. The molecule has 3 N–H and O–H groups in total. The third kappa shape index (κ3) is 4.58.